The van der Waals surface area contributed by atoms with Gasteiger partial charge >= 0.3 is 0 Å². The second kappa shape index (κ2) is 6.75. The van der Waals surface area contributed by atoms with Gasteiger partial charge in [0, 0.05) is 24.1 Å². The Hall–Kier alpha value is -1.95. The maximum Gasteiger partial charge on any atom is 0.251 e. The van der Waals surface area contributed by atoms with Crippen LogP contribution in [-0.4, -0.2) is 28.9 Å². The second-order valence-corrected chi connectivity index (χ2v) is 8.11. The average molecular weight is 357 g/mol. The summed E-state index contributed by atoms with van der Waals surface area (Å²) in [6.07, 6.45) is 4.61. The molecule has 6 heteroatoms. The molecule has 1 aliphatic heterocycles. The number of thiazole rings is 1. The van der Waals surface area contributed by atoms with E-state index >= 15 is 0 Å². The molecule has 4 unspecified atom stereocenters. The first kappa shape index (κ1) is 16.5. The molecule has 2 aliphatic rings. The Bertz CT molecular complexity index is 803. The van der Waals surface area contributed by atoms with Crippen LogP contribution in [0.4, 0.5) is 0 Å². The van der Waals surface area contributed by atoms with E-state index in [9.17, 15) is 9.59 Å². The Morgan fingerprint density at radius 3 is 3.12 bits per heavy atom. The van der Waals surface area contributed by atoms with E-state index in [-0.39, 0.29) is 23.9 Å². The summed E-state index contributed by atoms with van der Waals surface area (Å²) >= 11 is 1.54. The molecule has 0 spiro atoms. The molecule has 2 fully saturated rings. The Labute approximate surface area is 151 Å². The molecule has 2 aromatic rings. The minimum atomic E-state index is -0.0343. The lowest BCUT2D eigenvalue weighted by Gasteiger charge is -2.44. The predicted octanol–water partition coefficient (Wildman–Crippen LogP) is 3.11. The number of rotatable bonds is 3. The number of carbonyl (C=O) groups excluding carboxylic acids is 2. The van der Waals surface area contributed by atoms with E-state index in [1.807, 2.05) is 18.2 Å². The van der Waals surface area contributed by atoms with Crippen LogP contribution in [0.5, 0.6) is 0 Å². The number of nitrogens with zero attached hydrogens (tertiary/aromatic N) is 1. The lowest BCUT2D eigenvalue weighted by Crippen LogP contribution is -2.55. The summed E-state index contributed by atoms with van der Waals surface area (Å²) in [5, 5.41) is 6.32. The molecule has 4 atom stereocenters. The zero-order chi connectivity index (χ0) is 17.4. The van der Waals surface area contributed by atoms with E-state index in [4.69, 9.17) is 0 Å². The Kier molecular flexibility index (Phi) is 4.46. The first-order valence-electron chi connectivity index (χ1n) is 9.07. The van der Waals surface area contributed by atoms with Crippen molar-refractivity contribution in [2.75, 3.05) is 0 Å². The molecule has 132 valence electrons. The molecule has 1 aromatic carbocycles. The minimum absolute atomic E-state index is 0.0343. The van der Waals surface area contributed by atoms with Crippen molar-refractivity contribution in [1.29, 1.82) is 0 Å². The van der Waals surface area contributed by atoms with Gasteiger partial charge in [-0.3, -0.25) is 9.59 Å². The average Bonchev–Trinajstić information content (AvgIpc) is 3.08. The number of aromatic nitrogens is 1. The van der Waals surface area contributed by atoms with Crippen molar-refractivity contribution in [2.24, 2.45) is 11.8 Å². The van der Waals surface area contributed by atoms with E-state index < -0.39 is 0 Å². The van der Waals surface area contributed by atoms with E-state index in [0.717, 1.165) is 35.9 Å². The van der Waals surface area contributed by atoms with Crippen LogP contribution in [0.15, 0.2) is 23.7 Å². The summed E-state index contributed by atoms with van der Waals surface area (Å²) in [6.45, 7) is 2.17. The van der Waals surface area contributed by atoms with Crippen molar-refractivity contribution in [3.63, 3.8) is 0 Å². The summed E-state index contributed by atoms with van der Waals surface area (Å²) in [7, 11) is 0. The smallest absolute Gasteiger partial charge is 0.251 e. The molecule has 2 amide bonds. The summed E-state index contributed by atoms with van der Waals surface area (Å²) in [5.74, 6) is 1.18. The van der Waals surface area contributed by atoms with Crippen LogP contribution in [0.2, 0.25) is 0 Å². The van der Waals surface area contributed by atoms with Gasteiger partial charge in [0.15, 0.2) is 0 Å². The monoisotopic (exact) mass is 357 g/mol. The summed E-state index contributed by atoms with van der Waals surface area (Å²) in [4.78, 5) is 28.8. The zero-order valence-corrected chi connectivity index (χ0v) is 15.1. The molecule has 1 aromatic heterocycles. The van der Waals surface area contributed by atoms with Gasteiger partial charge in [-0.25, -0.2) is 4.98 Å². The van der Waals surface area contributed by atoms with E-state index in [2.05, 4.69) is 22.5 Å². The first-order valence-corrected chi connectivity index (χ1v) is 9.95. The van der Waals surface area contributed by atoms with Gasteiger partial charge in [-0.15, -0.1) is 11.3 Å². The van der Waals surface area contributed by atoms with Gasteiger partial charge in [0.2, 0.25) is 5.91 Å². The number of fused-ring (bicyclic) bond motifs is 2. The molecule has 0 radical (unpaired) electrons. The van der Waals surface area contributed by atoms with Crippen molar-refractivity contribution < 1.29 is 9.59 Å². The Balaban J connectivity index is 1.43. The summed E-state index contributed by atoms with van der Waals surface area (Å²) in [5.41, 5.74) is 3.40. The maximum absolute atomic E-state index is 12.6. The van der Waals surface area contributed by atoms with Crippen LogP contribution in [0.25, 0.3) is 10.2 Å². The number of benzene rings is 1. The fourth-order valence-electron chi connectivity index (χ4n) is 4.42. The molecule has 1 saturated heterocycles. The van der Waals surface area contributed by atoms with Gasteiger partial charge in [-0.2, -0.15) is 0 Å². The topological polar surface area (TPSA) is 71.1 Å². The highest BCUT2D eigenvalue weighted by Crippen LogP contribution is 2.37. The van der Waals surface area contributed by atoms with Gasteiger partial charge < -0.3 is 10.6 Å². The van der Waals surface area contributed by atoms with Crippen LogP contribution in [0, 0.1) is 11.8 Å². The maximum atomic E-state index is 12.6. The lowest BCUT2D eigenvalue weighted by atomic mass is 9.70. The van der Waals surface area contributed by atoms with Crippen LogP contribution in [0.3, 0.4) is 0 Å². The van der Waals surface area contributed by atoms with Crippen molar-refractivity contribution in [1.82, 2.24) is 15.6 Å². The second-order valence-electron chi connectivity index (χ2n) is 7.23. The van der Waals surface area contributed by atoms with Crippen molar-refractivity contribution in [2.45, 2.75) is 51.1 Å². The van der Waals surface area contributed by atoms with Crippen molar-refractivity contribution >= 4 is 33.4 Å². The van der Waals surface area contributed by atoms with E-state index in [1.165, 1.54) is 0 Å². The predicted molar refractivity (Wildman–Crippen MR) is 98.5 cm³/mol. The number of hydrogen-bond donors (Lipinski definition) is 2. The number of piperidine rings is 1. The van der Waals surface area contributed by atoms with E-state index in [1.54, 1.807) is 16.8 Å². The number of amides is 2. The van der Waals surface area contributed by atoms with Gasteiger partial charge in [0.05, 0.1) is 15.7 Å². The lowest BCUT2D eigenvalue weighted by molar-refractivity contribution is -0.127. The molecular formula is C19H23N3O2S. The molecule has 2 N–H and O–H groups in total. The first-order chi connectivity index (χ1) is 12.1. The quantitative estimate of drug-likeness (QED) is 0.887. The van der Waals surface area contributed by atoms with Crippen LogP contribution < -0.4 is 10.6 Å². The fraction of sp³-hybridized carbons (Fsp3) is 0.526. The largest absolute Gasteiger partial charge is 0.353 e. The molecule has 5 nitrogen and oxygen atoms in total. The zero-order valence-electron chi connectivity index (χ0n) is 14.3. The molecule has 0 bridgehead atoms. The number of nitrogens with one attached hydrogen (secondary N) is 2. The third-order valence-corrected chi connectivity index (χ3v) is 6.55. The van der Waals surface area contributed by atoms with E-state index in [0.29, 0.717) is 23.8 Å². The highest BCUT2D eigenvalue weighted by Gasteiger charge is 2.40. The van der Waals surface area contributed by atoms with Crippen molar-refractivity contribution in [3.05, 3.63) is 29.3 Å². The van der Waals surface area contributed by atoms with Gasteiger partial charge in [-0.05, 0) is 49.3 Å². The standard InChI is InChI=1S/C19H23N3O2S/c1-2-11-8-18(23)22-16-9-13(4-5-14(11)16)21-19(24)12-3-6-15-17(7-12)25-10-20-15/h3,6-7,10-11,13-14,16H,2,4-5,8-9H2,1H3,(H,21,24)(H,22,23). The third-order valence-electron chi connectivity index (χ3n) is 5.76. The highest BCUT2D eigenvalue weighted by molar-refractivity contribution is 7.16. The molecule has 1 aliphatic carbocycles. The Morgan fingerprint density at radius 1 is 1.40 bits per heavy atom. The number of hydrogen-bond acceptors (Lipinski definition) is 4. The molecule has 1 saturated carbocycles. The molecule has 4 rings (SSSR count). The van der Waals surface area contributed by atoms with Gasteiger partial charge in [0.25, 0.3) is 5.91 Å². The van der Waals surface area contributed by atoms with Crippen molar-refractivity contribution in [3.8, 4) is 0 Å². The fourth-order valence-corrected chi connectivity index (χ4v) is 5.14. The minimum Gasteiger partial charge on any atom is -0.353 e. The highest BCUT2D eigenvalue weighted by atomic mass is 32.1. The molecule has 25 heavy (non-hydrogen) atoms. The van der Waals surface area contributed by atoms with Crippen LogP contribution >= 0.6 is 11.3 Å². The molecule has 2 heterocycles. The summed E-state index contributed by atoms with van der Waals surface area (Å²) in [6, 6.07) is 5.96. The van der Waals surface area contributed by atoms with Gasteiger partial charge in [0.1, 0.15) is 0 Å². The van der Waals surface area contributed by atoms with Crippen LogP contribution in [-0.2, 0) is 4.79 Å². The SMILES string of the molecule is CCC1CC(=O)NC2CC(NC(=O)c3ccc4ncsc4c3)CCC12. The summed E-state index contributed by atoms with van der Waals surface area (Å²) < 4.78 is 1.03. The molecular weight excluding hydrogens is 334 g/mol. The normalized spacial score (nSPS) is 29.1. The number of carbonyl (C=O) groups is 2. The third kappa shape index (κ3) is 3.27. The Morgan fingerprint density at radius 2 is 2.28 bits per heavy atom. The van der Waals surface area contributed by atoms with Gasteiger partial charge in [-0.1, -0.05) is 13.3 Å². The van der Waals surface area contributed by atoms with Crippen LogP contribution in [0.1, 0.15) is 49.4 Å².